The van der Waals surface area contributed by atoms with E-state index in [4.69, 9.17) is 4.74 Å². The zero-order valence-corrected chi connectivity index (χ0v) is 15.0. The number of anilines is 2. The minimum absolute atomic E-state index is 0.106. The molecule has 0 bridgehead atoms. The quantitative estimate of drug-likeness (QED) is 0.687. The van der Waals surface area contributed by atoms with Gasteiger partial charge in [-0.05, 0) is 53.4 Å². The number of hydrogen-bond donors (Lipinski definition) is 2. The van der Waals surface area contributed by atoms with Gasteiger partial charge in [-0.3, -0.25) is 9.59 Å². The fourth-order valence-electron chi connectivity index (χ4n) is 2.37. The Bertz CT molecular complexity index is 872. The highest BCUT2D eigenvalue weighted by molar-refractivity contribution is 7.12. The molecule has 0 atom stereocenters. The first-order valence-corrected chi connectivity index (χ1v) is 8.90. The Labute approximate surface area is 155 Å². The van der Waals surface area contributed by atoms with Gasteiger partial charge in [0.1, 0.15) is 5.75 Å². The Balaban J connectivity index is 1.54. The smallest absolute Gasteiger partial charge is 0.265 e. The van der Waals surface area contributed by atoms with Crippen LogP contribution in [0.1, 0.15) is 15.2 Å². The molecule has 26 heavy (non-hydrogen) atoms. The van der Waals surface area contributed by atoms with Crippen LogP contribution in [0, 0.1) is 0 Å². The van der Waals surface area contributed by atoms with E-state index in [1.165, 1.54) is 11.3 Å². The van der Waals surface area contributed by atoms with Gasteiger partial charge in [-0.2, -0.15) is 0 Å². The van der Waals surface area contributed by atoms with Crippen molar-refractivity contribution in [2.45, 2.75) is 6.42 Å². The molecule has 0 aliphatic heterocycles. The zero-order valence-electron chi connectivity index (χ0n) is 14.2. The standard InChI is InChI=1S/C20H18N2O3S/c1-25-17-10-4-14(5-11-17)13-19(23)21-15-6-8-16(9-7-15)22-20(24)18-3-2-12-26-18/h2-12H,13H2,1H3,(H,21,23)(H,22,24). The first-order valence-electron chi connectivity index (χ1n) is 8.02. The van der Waals surface area contributed by atoms with Gasteiger partial charge in [0.25, 0.3) is 5.91 Å². The first-order chi connectivity index (χ1) is 12.6. The summed E-state index contributed by atoms with van der Waals surface area (Å²) in [6, 6.07) is 18.0. The van der Waals surface area contributed by atoms with Crippen LogP contribution in [0.3, 0.4) is 0 Å². The Morgan fingerprint density at radius 2 is 1.58 bits per heavy atom. The number of carbonyl (C=O) groups excluding carboxylic acids is 2. The van der Waals surface area contributed by atoms with Gasteiger partial charge >= 0.3 is 0 Å². The fourth-order valence-corrected chi connectivity index (χ4v) is 2.99. The topological polar surface area (TPSA) is 67.4 Å². The van der Waals surface area contributed by atoms with E-state index < -0.39 is 0 Å². The number of rotatable bonds is 6. The van der Waals surface area contributed by atoms with Crippen LogP contribution in [0.25, 0.3) is 0 Å². The van der Waals surface area contributed by atoms with Crippen LogP contribution >= 0.6 is 11.3 Å². The molecule has 0 fully saturated rings. The van der Waals surface area contributed by atoms with Gasteiger partial charge in [-0.15, -0.1) is 11.3 Å². The van der Waals surface area contributed by atoms with Gasteiger partial charge in [-0.25, -0.2) is 0 Å². The van der Waals surface area contributed by atoms with E-state index in [-0.39, 0.29) is 18.2 Å². The van der Waals surface area contributed by atoms with Crippen LogP contribution in [0.2, 0.25) is 0 Å². The number of hydrogen-bond acceptors (Lipinski definition) is 4. The third-order valence-electron chi connectivity index (χ3n) is 3.70. The summed E-state index contributed by atoms with van der Waals surface area (Å²) in [7, 11) is 1.61. The average Bonchev–Trinajstić information content (AvgIpc) is 3.19. The molecule has 3 aromatic rings. The van der Waals surface area contributed by atoms with Crippen molar-refractivity contribution in [1.29, 1.82) is 0 Å². The van der Waals surface area contributed by atoms with Crippen LogP contribution in [0.5, 0.6) is 5.75 Å². The molecule has 0 aliphatic rings. The molecule has 0 unspecified atom stereocenters. The van der Waals surface area contributed by atoms with Gasteiger partial charge in [0.2, 0.25) is 5.91 Å². The van der Waals surface area contributed by atoms with Crippen molar-refractivity contribution >= 4 is 34.5 Å². The molecule has 0 aliphatic carbocycles. The number of carbonyl (C=O) groups is 2. The van der Waals surface area contributed by atoms with Crippen LogP contribution in [0.4, 0.5) is 11.4 Å². The summed E-state index contributed by atoms with van der Waals surface area (Å²) in [5.74, 6) is 0.510. The lowest BCUT2D eigenvalue weighted by atomic mass is 10.1. The van der Waals surface area contributed by atoms with Crippen LogP contribution in [-0.2, 0) is 11.2 Å². The second kappa shape index (κ2) is 8.31. The van der Waals surface area contributed by atoms with E-state index >= 15 is 0 Å². The van der Waals surface area contributed by atoms with E-state index in [1.54, 1.807) is 37.4 Å². The van der Waals surface area contributed by atoms with Crippen molar-refractivity contribution in [2.75, 3.05) is 17.7 Å². The molecule has 0 spiro atoms. The maximum atomic E-state index is 12.1. The Kier molecular flexibility index (Phi) is 5.66. The summed E-state index contributed by atoms with van der Waals surface area (Å²) in [5, 5.41) is 7.53. The lowest BCUT2D eigenvalue weighted by Gasteiger charge is -2.08. The number of nitrogens with one attached hydrogen (secondary N) is 2. The molecule has 5 nitrogen and oxygen atoms in total. The van der Waals surface area contributed by atoms with Crippen LogP contribution in [0.15, 0.2) is 66.0 Å². The largest absolute Gasteiger partial charge is 0.497 e. The number of benzene rings is 2. The van der Waals surface area contributed by atoms with E-state index in [0.29, 0.717) is 16.3 Å². The molecular formula is C20H18N2O3S. The highest BCUT2D eigenvalue weighted by atomic mass is 32.1. The van der Waals surface area contributed by atoms with Gasteiger partial charge in [0.15, 0.2) is 0 Å². The molecule has 0 saturated carbocycles. The van der Waals surface area contributed by atoms with Crippen molar-refractivity contribution in [3.05, 3.63) is 76.5 Å². The van der Waals surface area contributed by atoms with Crippen molar-refractivity contribution in [1.82, 2.24) is 0 Å². The normalized spacial score (nSPS) is 10.2. The molecule has 2 amide bonds. The highest BCUT2D eigenvalue weighted by Gasteiger charge is 2.08. The fraction of sp³-hybridized carbons (Fsp3) is 0.100. The van der Waals surface area contributed by atoms with Gasteiger partial charge < -0.3 is 15.4 Å². The van der Waals surface area contributed by atoms with Crippen molar-refractivity contribution < 1.29 is 14.3 Å². The van der Waals surface area contributed by atoms with Gasteiger partial charge in [0, 0.05) is 11.4 Å². The number of amides is 2. The molecule has 3 rings (SSSR count). The third-order valence-corrected chi connectivity index (χ3v) is 4.56. The molecule has 0 radical (unpaired) electrons. The predicted octanol–water partition coefficient (Wildman–Crippen LogP) is 4.19. The van der Waals surface area contributed by atoms with E-state index in [9.17, 15) is 9.59 Å². The summed E-state index contributed by atoms with van der Waals surface area (Å²) in [6.07, 6.45) is 0.279. The van der Waals surface area contributed by atoms with Crippen LogP contribution in [-0.4, -0.2) is 18.9 Å². The van der Waals surface area contributed by atoms with Crippen molar-refractivity contribution in [2.24, 2.45) is 0 Å². The summed E-state index contributed by atoms with van der Waals surface area (Å²) >= 11 is 1.39. The minimum Gasteiger partial charge on any atom is -0.497 e. The number of ether oxygens (including phenoxy) is 1. The molecule has 1 heterocycles. The van der Waals surface area contributed by atoms with Gasteiger partial charge in [-0.1, -0.05) is 18.2 Å². The second-order valence-corrected chi connectivity index (χ2v) is 6.53. The number of thiophene rings is 1. The molecule has 1 aromatic heterocycles. The maximum absolute atomic E-state index is 12.1. The molecule has 2 N–H and O–H groups in total. The molecule has 2 aromatic carbocycles. The summed E-state index contributed by atoms with van der Waals surface area (Å²) in [5.41, 5.74) is 2.26. The van der Waals surface area contributed by atoms with Crippen molar-refractivity contribution in [3.8, 4) is 5.75 Å². The molecule has 6 heteroatoms. The maximum Gasteiger partial charge on any atom is 0.265 e. The summed E-state index contributed by atoms with van der Waals surface area (Å²) in [6.45, 7) is 0. The lowest BCUT2D eigenvalue weighted by Crippen LogP contribution is -2.14. The van der Waals surface area contributed by atoms with Crippen molar-refractivity contribution in [3.63, 3.8) is 0 Å². The SMILES string of the molecule is COc1ccc(CC(=O)Nc2ccc(NC(=O)c3cccs3)cc2)cc1. The average molecular weight is 366 g/mol. The second-order valence-electron chi connectivity index (χ2n) is 5.58. The summed E-state index contributed by atoms with van der Waals surface area (Å²) in [4.78, 5) is 24.8. The number of methoxy groups -OCH3 is 1. The summed E-state index contributed by atoms with van der Waals surface area (Å²) < 4.78 is 5.10. The Hall–Kier alpha value is -3.12. The predicted molar refractivity (Wildman–Crippen MR) is 104 cm³/mol. The Morgan fingerprint density at radius 3 is 2.15 bits per heavy atom. The Morgan fingerprint density at radius 1 is 0.923 bits per heavy atom. The first kappa shape index (κ1) is 17.7. The van der Waals surface area contributed by atoms with Crippen LogP contribution < -0.4 is 15.4 Å². The highest BCUT2D eigenvalue weighted by Crippen LogP contribution is 2.17. The molecular weight excluding hydrogens is 348 g/mol. The third kappa shape index (κ3) is 4.70. The van der Waals surface area contributed by atoms with Gasteiger partial charge in [0.05, 0.1) is 18.4 Å². The van der Waals surface area contributed by atoms with E-state index in [1.807, 2.05) is 35.7 Å². The monoisotopic (exact) mass is 366 g/mol. The molecule has 0 saturated heterocycles. The van der Waals surface area contributed by atoms with E-state index in [2.05, 4.69) is 10.6 Å². The van der Waals surface area contributed by atoms with E-state index in [0.717, 1.165) is 11.3 Å². The lowest BCUT2D eigenvalue weighted by molar-refractivity contribution is -0.115. The minimum atomic E-state index is -0.142. The molecule has 132 valence electrons. The zero-order chi connectivity index (χ0) is 18.4.